The van der Waals surface area contributed by atoms with Gasteiger partial charge in [0.1, 0.15) is 0 Å². The van der Waals surface area contributed by atoms with Crippen molar-refractivity contribution in [3.8, 4) is 17.2 Å². The molecule has 1 aliphatic heterocycles. The highest BCUT2D eigenvalue weighted by Gasteiger charge is 2.24. The molecule has 1 aliphatic rings. The lowest BCUT2D eigenvalue weighted by molar-refractivity contribution is -0.114. The molecule has 2 aromatic rings. The molecule has 5 heteroatoms. The summed E-state index contributed by atoms with van der Waals surface area (Å²) in [6.07, 6.45) is 4.36. The molecule has 0 aliphatic carbocycles. The number of carbonyl (C=O) groups is 1. The Morgan fingerprint density at radius 1 is 1.07 bits per heavy atom. The molecule has 27 heavy (non-hydrogen) atoms. The van der Waals surface area contributed by atoms with Crippen molar-refractivity contribution in [1.29, 1.82) is 0 Å². The van der Waals surface area contributed by atoms with Gasteiger partial charge >= 0.3 is 0 Å². The molecule has 3 rings (SSSR count). The lowest BCUT2D eigenvalue weighted by Gasteiger charge is -2.32. The van der Waals surface area contributed by atoms with E-state index in [-0.39, 0.29) is 5.91 Å². The highest BCUT2D eigenvalue weighted by molar-refractivity contribution is 6.04. The summed E-state index contributed by atoms with van der Waals surface area (Å²) >= 11 is 0. The van der Waals surface area contributed by atoms with E-state index in [1.807, 2.05) is 35.2 Å². The number of para-hydroxylation sites is 1. The van der Waals surface area contributed by atoms with Crippen molar-refractivity contribution in [3.63, 3.8) is 0 Å². The number of rotatable bonds is 5. The van der Waals surface area contributed by atoms with Gasteiger partial charge in [-0.1, -0.05) is 25.1 Å². The average Bonchev–Trinajstić information content (AvgIpc) is 2.70. The zero-order valence-electron chi connectivity index (χ0n) is 16.2. The van der Waals surface area contributed by atoms with E-state index < -0.39 is 0 Å². The molecule has 5 nitrogen and oxygen atoms in total. The van der Waals surface area contributed by atoms with Gasteiger partial charge in [0.05, 0.1) is 21.3 Å². The number of hydrogen-bond donors (Lipinski definition) is 0. The van der Waals surface area contributed by atoms with Gasteiger partial charge in [0.25, 0.3) is 5.91 Å². The fraction of sp³-hybridized carbons (Fsp3) is 0.318. The predicted molar refractivity (Wildman–Crippen MR) is 107 cm³/mol. The quantitative estimate of drug-likeness (QED) is 0.751. The first-order chi connectivity index (χ1) is 13.1. The first kappa shape index (κ1) is 18.8. The van der Waals surface area contributed by atoms with Crippen molar-refractivity contribution >= 4 is 17.7 Å². The molecule has 0 spiro atoms. The van der Waals surface area contributed by atoms with Crippen LogP contribution in [0.3, 0.4) is 0 Å². The van der Waals surface area contributed by atoms with Crippen LogP contribution in [0.5, 0.6) is 17.2 Å². The summed E-state index contributed by atoms with van der Waals surface area (Å²) in [5.74, 6) is 2.03. The minimum absolute atomic E-state index is 0.0391. The van der Waals surface area contributed by atoms with Crippen LogP contribution < -0.4 is 19.1 Å². The van der Waals surface area contributed by atoms with Gasteiger partial charge in [-0.15, -0.1) is 0 Å². The first-order valence-electron chi connectivity index (χ1n) is 8.94. The number of benzene rings is 2. The Kier molecular flexibility index (Phi) is 5.69. The molecule has 1 amide bonds. The molecule has 0 aromatic heterocycles. The van der Waals surface area contributed by atoms with Crippen LogP contribution in [0.15, 0.2) is 42.5 Å². The summed E-state index contributed by atoms with van der Waals surface area (Å²) in [5.41, 5.74) is 3.01. The molecular formula is C22H25NO4. The fourth-order valence-corrected chi connectivity index (χ4v) is 3.46. The molecule has 2 aromatic carbocycles. The van der Waals surface area contributed by atoms with Crippen molar-refractivity contribution in [2.24, 2.45) is 5.92 Å². The van der Waals surface area contributed by atoms with E-state index in [2.05, 4.69) is 13.0 Å². The Hall–Kier alpha value is -2.95. The largest absolute Gasteiger partial charge is 0.493 e. The second kappa shape index (κ2) is 8.16. The standard InChI is InChI=1S/C22H25NO4/c1-15-11-17-7-5-6-8-18(17)23(14-15)21(24)10-9-16-12-19(25-2)22(27-4)20(13-16)26-3/h5-10,12-13,15H,11,14H2,1-4H3/b10-9+. The SMILES string of the molecule is COc1cc(/C=C/C(=O)N2CC(C)Cc3ccccc32)cc(OC)c1OC. The number of methoxy groups -OCH3 is 3. The van der Waals surface area contributed by atoms with E-state index in [4.69, 9.17) is 14.2 Å². The van der Waals surface area contributed by atoms with Gasteiger partial charge in [-0.3, -0.25) is 4.79 Å². The molecule has 0 saturated carbocycles. The van der Waals surface area contributed by atoms with Crippen LogP contribution in [0.1, 0.15) is 18.1 Å². The maximum Gasteiger partial charge on any atom is 0.251 e. The lowest BCUT2D eigenvalue weighted by Crippen LogP contribution is -2.38. The first-order valence-corrected chi connectivity index (χ1v) is 8.94. The second-order valence-electron chi connectivity index (χ2n) is 6.68. The van der Waals surface area contributed by atoms with E-state index in [0.717, 1.165) is 24.2 Å². The Balaban J connectivity index is 1.87. The van der Waals surface area contributed by atoms with Crippen LogP contribution in [0, 0.1) is 5.92 Å². The topological polar surface area (TPSA) is 48.0 Å². The number of amides is 1. The van der Waals surface area contributed by atoms with Gasteiger partial charge < -0.3 is 19.1 Å². The molecule has 1 heterocycles. The summed E-state index contributed by atoms with van der Waals surface area (Å²) < 4.78 is 16.1. The van der Waals surface area contributed by atoms with E-state index >= 15 is 0 Å². The minimum atomic E-state index is -0.0391. The maximum absolute atomic E-state index is 12.9. The summed E-state index contributed by atoms with van der Waals surface area (Å²) in [5, 5.41) is 0. The molecule has 0 fully saturated rings. The second-order valence-corrected chi connectivity index (χ2v) is 6.68. The summed E-state index contributed by atoms with van der Waals surface area (Å²) in [4.78, 5) is 14.7. The maximum atomic E-state index is 12.9. The zero-order valence-corrected chi connectivity index (χ0v) is 16.2. The monoisotopic (exact) mass is 367 g/mol. The molecule has 1 atom stereocenters. The van der Waals surface area contributed by atoms with Gasteiger partial charge in [-0.25, -0.2) is 0 Å². The van der Waals surface area contributed by atoms with Crippen molar-refractivity contribution < 1.29 is 19.0 Å². The molecule has 1 unspecified atom stereocenters. The zero-order chi connectivity index (χ0) is 19.4. The smallest absolute Gasteiger partial charge is 0.251 e. The molecule has 0 saturated heterocycles. The van der Waals surface area contributed by atoms with Gasteiger partial charge in [0, 0.05) is 18.3 Å². The third-order valence-electron chi connectivity index (χ3n) is 4.72. The highest BCUT2D eigenvalue weighted by atomic mass is 16.5. The van der Waals surface area contributed by atoms with Crippen molar-refractivity contribution in [1.82, 2.24) is 0 Å². The Morgan fingerprint density at radius 2 is 1.74 bits per heavy atom. The Labute approximate surface area is 160 Å². The van der Waals surface area contributed by atoms with Crippen LogP contribution in [-0.4, -0.2) is 33.8 Å². The van der Waals surface area contributed by atoms with Crippen LogP contribution in [0.4, 0.5) is 5.69 Å². The average molecular weight is 367 g/mol. The van der Waals surface area contributed by atoms with E-state index in [9.17, 15) is 4.79 Å². The highest BCUT2D eigenvalue weighted by Crippen LogP contribution is 2.38. The third kappa shape index (κ3) is 3.92. The van der Waals surface area contributed by atoms with Crippen LogP contribution in [0.2, 0.25) is 0 Å². The summed E-state index contributed by atoms with van der Waals surface area (Å²) in [6, 6.07) is 11.7. The Morgan fingerprint density at radius 3 is 2.37 bits per heavy atom. The normalized spacial score (nSPS) is 16.1. The van der Waals surface area contributed by atoms with Gasteiger partial charge in [0.2, 0.25) is 5.75 Å². The number of anilines is 1. The van der Waals surface area contributed by atoms with E-state index in [1.165, 1.54) is 5.56 Å². The minimum Gasteiger partial charge on any atom is -0.493 e. The summed E-state index contributed by atoms with van der Waals surface area (Å²) in [7, 11) is 4.71. The number of nitrogens with zero attached hydrogens (tertiary/aromatic N) is 1. The van der Waals surface area contributed by atoms with Gasteiger partial charge in [-0.05, 0) is 47.7 Å². The third-order valence-corrected chi connectivity index (χ3v) is 4.72. The predicted octanol–water partition coefficient (Wildman–Crippen LogP) is 3.95. The molecule has 0 bridgehead atoms. The number of fused-ring (bicyclic) bond motifs is 1. The molecule has 142 valence electrons. The van der Waals surface area contributed by atoms with Crippen molar-refractivity contribution in [2.45, 2.75) is 13.3 Å². The number of hydrogen-bond acceptors (Lipinski definition) is 4. The van der Waals surface area contributed by atoms with E-state index in [1.54, 1.807) is 33.5 Å². The van der Waals surface area contributed by atoms with Crippen LogP contribution >= 0.6 is 0 Å². The molecular weight excluding hydrogens is 342 g/mol. The number of carbonyl (C=O) groups excluding carboxylic acids is 1. The number of ether oxygens (including phenoxy) is 3. The van der Waals surface area contributed by atoms with Crippen molar-refractivity contribution in [3.05, 3.63) is 53.6 Å². The van der Waals surface area contributed by atoms with Crippen LogP contribution in [-0.2, 0) is 11.2 Å². The van der Waals surface area contributed by atoms with Gasteiger partial charge in [0.15, 0.2) is 11.5 Å². The lowest BCUT2D eigenvalue weighted by atomic mass is 9.94. The van der Waals surface area contributed by atoms with E-state index in [0.29, 0.717) is 23.2 Å². The van der Waals surface area contributed by atoms with Gasteiger partial charge in [-0.2, -0.15) is 0 Å². The molecule has 0 radical (unpaired) electrons. The Bertz CT molecular complexity index is 834. The summed E-state index contributed by atoms with van der Waals surface area (Å²) in [6.45, 7) is 2.88. The fourth-order valence-electron chi connectivity index (χ4n) is 3.46. The van der Waals surface area contributed by atoms with Crippen LogP contribution in [0.25, 0.3) is 6.08 Å². The van der Waals surface area contributed by atoms with Crippen molar-refractivity contribution in [2.75, 3.05) is 32.8 Å². The molecule has 0 N–H and O–H groups in total.